The molecule has 5 amide bonds. The quantitative estimate of drug-likeness (QED) is 0.281. The molecule has 0 unspecified atom stereocenters. The molecule has 0 bridgehead atoms. The van der Waals surface area contributed by atoms with Crippen molar-refractivity contribution in [2.75, 3.05) is 13.1 Å². The average molecular weight is 437 g/mol. The second-order valence-electron chi connectivity index (χ2n) is 7.63. The summed E-state index contributed by atoms with van der Waals surface area (Å²) in [5, 5.41) is 20.9. The number of hydrogen-bond acceptors (Lipinski definition) is 6. The Kier molecular flexibility index (Phi) is 9.32. The van der Waals surface area contributed by atoms with Gasteiger partial charge in [-0.2, -0.15) is 0 Å². The fourth-order valence-electron chi connectivity index (χ4n) is 3.60. The highest BCUT2D eigenvalue weighted by atomic mass is 16.6. The number of aliphatic hydroxyl groups is 1. The van der Waals surface area contributed by atoms with Crippen molar-refractivity contribution in [2.45, 2.75) is 62.8 Å². The number of nitrogens with one attached hydrogen (secondary N) is 4. The third kappa shape index (κ3) is 7.93. The lowest BCUT2D eigenvalue weighted by Gasteiger charge is -2.34. The number of carbonyl (C=O) groups is 4. The lowest BCUT2D eigenvalue weighted by atomic mass is 9.89. The van der Waals surface area contributed by atoms with E-state index < -0.39 is 42.2 Å². The van der Waals surface area contributed by atoms with Crippen LogP contribution in [0.3, 0.4) is 0 Å². The van der Waals surface area contributed by atoms with Gasteiger partial charge in [0.25, 0.3) is 0 Å². The molecule has 11 heteroatoms. The van der Waals surface area contributed by atoms with Gasteiger partial charge in [-0.3, -0.25) is 9.59 Å². The van der Waals surface area contributed by atoms with Crippen LogP contribution in [0.15, 0.2) is 24.3 Å². The Morgan fingerprint density at radius 1 is 1.16 bits per heavy atom. The molecule has 0 aromatic carbocycles. The molecule has 2 aliphatic carbocycles. The van der Waals surface area contributed by atoms with Gasteiger partial charge in [-0.05, 0) is 12.8 Å². The first kappa shape index (κ1) is 24.2. The largest absolute Gasteiger partial charge is 0.443 e. The maximum atomic E-state index is 12.4. The van der Waals surface area contributed by atoms with Gasteiger partial charge in [0.05, 0.1) is 12.6 Å². The monoisotopic (exact) mass is 437 g/mol. The fourth-order valence-corrected chi connectivity index (χ4v) is 3.60. The van der Waals surface area contributed by atoms with E-state index in [0.29, 0.717) is 0 Å². The first-order valence-corrected chi connectivity index (χ1v) is 10.4. The molecule has 0 heterocycles. The number of carbonyl (C=O) groups excluding carboxylic acids is 4. The predicted molar refractivity (Wildman–Crippen MR) is 112 cm³/mol. The number of nitrogens with two attached hydrogens (primary N) is 1. The van der Waals surface area contributed by atoms with E-state index in [4.69, 9.17) is 10.5 Å². The van der Waals surface area contributed by atoms with E-state index in [1.54, 1.807) is 0 Å². The maximum absolute atomic E-state index is 12.4. The summed E-state index contributed by atoms with van der Waals surface area (Å²) in [6, 6.07) is -1.42. The third-order valence-corrected chi connectivity index (χ3v) is 5.15. The molecule has 0 radical (unpaired) electrons. The number of primary amides is 1. The van der Waals surface area contributed by atoms with Crippen LogP contribution < -0.4 is 27.0 Å². The van der Waals surface area contributed by atoms with Crippen LogP contribution in [0.5, 0.6) is 0 Å². The summed E-state index contributed by atoms with van der Waals surface area (Å²) in [4.78, 5) is 47.7. The van der Waals surface area contributed by atoms with E-state index in [1.807, 2.05) is 0 Å². The molecule has 1 fully saturated rings. The molecule has 2 aliphatic rings. The van der Waals surface area contributed by atoms with Crippen LogP contribution >= 0.6 is 0 Å². The minimum atomic E-state index is -1.28. The molecule has 2 rings (SSSR count). The van der Waals surface area contributed by atoms with Crippen LogP contribution in [0, 0.1) is 0 Å². The number of hydrogen-bond donors (Lipinski definition) is 6. The van der Waals surface area contributed by atoms with Gasteiger partial charge in [0.2, 0.25) is 11.8 Å². The van der Waals surface area contributed by atoms with Gasteiger partial charge in [-0.1, -0.05) is 31.4 Å². The first-order valence-electron chi connectivity index (χ1n) is 10.4. The van der Waals surface area contributed by atoms with Crippen molar-refractivity contribution in [1.29, 1.82) is 0 Å². The van der Waals surface area contributed by atoms with Crippen molar-refractivity contribution >= 4 is 23.9 Å². The smallest absolute Gasteiger partial charge is 0.407 e. The van der Waals surface area contributed by atoms with Gasteiger partial charge < -0.3 is 36.8 Å². The molecular weight excluding hydrogens is 406 g/mol. The van der Waals surface area contributed by atoms with Crippen molar-refractivity contribution in [2.24, 2.45) is 5.73 Å². The SMILES string of the molecule is C=CCNC(=O)O[C@@H]1CC(C(=O)NCC(N)=O)=C[C@@H](NC(=O)NC2CCCCC2)[C@H]1O. The highest BCUT2D eigenvalue weighted by molar-refractivity contribution is 5.96. The first-order chi connectivity index (χ1) is 14.8. The maximum Gasteiger partial charge on any atom is 0.407 e. The number of rotatable bonds is 8. The summed E-state index contributed by atoms with van der Waals surface area (Å²) in [5.41, 5.74) is 5.20. The summed E-state index contributed by atoms with van der Waals surface area (Å²) in [5.74, 6) is -1.33. The molecule has 7 N–H and O–H groups in total. The van der Waals surface area contributed by atoms with Gasteiger partial charge >= 0.3 is 12.1 Å². The minimum absolute atomic E-state index is 0.0496. The van der Waals surface area contributed by atoms with Crippen LogP contribution in [0.4, 0.5) is 9.59 Å². The van der Waals surface area contributed by atoms with Crippen LogP contribution in [-0.2, 0) is 14.3 Å². The molecule has 172 valence electrons. The molecule has 3 atom stereocenters. The Bertz CT molecular complexity index is 719. The van der Waals surface area contributed by atoms with Crippen molar-refractivity contribution < 1.29 is 29.0 Å². The molecule has 0 saturated heterocycles. The van der Waals surface area contributed by atoms with Crippen LogP contribution in [-0.4, -0.2) is 66.4 Å². The summed E-state index contributed by atoms with van der Waals surface area (Å²) in [7, 11) is 0. The summed E-state index contributed by atoms with van der Waals surface area (Å²) in [6.07, 6.45) is 4.56. The number of aliphatic hydroxyl groups excluding tert-OH is 1. The van der Waals surface area contributed by atoms with Gasteiger partial charge in [-0.25, -0.2) is 9.59 Å². The Morgan fingerprint density at radius 3 is 2.52 bits per heavy atom. The molecule has 0 aromatic rings. The molecule has 0 spiro atoms. The predicted octanol–water partition coefficient (Wildman–Crippen LogP) is -0.440. The summed E-state index contributed by atoms with van der Waals surface area (Å²) < 4.78 is 5.24. The molecule has 0 aliphatic heterocycles. The summed E-state index contributed by atoms with van der Waals surface area (Å²) in [6.45, 7) is 3.27. The van der Waals surface area contributed by atoms with E-state index >= 15 is 0 Å². The minimum Gasteiger partial charge on any atom is -0.443 e. The van der Waals surface area contributed by atoms with E-state index in [9.17, 15) is 24.3 Å². The number of amides is 5. The number of alkyl carbamates (subject to hydrolysis) is 1. The standard InChI is InChI=1S/C20H31N5O6/c1-2-8-22-20(30)31-15-10-12(18(28)23-11-16(21)26)9-14(17(15)27)25-19(29)24-13-6-4-3-5-7-13/h2,9,13-15,17,27H,1,3-8,10-11H2,(H2,21,26)(H,22,30)(H,23,28)(H2,24,25,29)/t14-,15-,17-/m1/s1. The van der Waals surface area contributed by atoms with E-state index in [0.717, 1.165) is 32.1 Å². The van der Waals surface area contributed by atoms with Crippen LogP contribution in [0.2, 0.25) is 0 Å². The van der Waals surface area contributed by atoms with Crippen LogP contribution in [0.25, 0.3) is 0 Å². The van der Waals surface area contributed by atoms with Crippen molar-refractivity contribution in [3.8, 4) is 0 Å². The van der Waals surface area contributed by atoms with Crippen molar-refractivity contribution in [3.63, 3.8) is 0 Å². The van der Waals surface area contributed by atoms with Gasteiger partial charge in [0.15, 0.2) is 0 Å². The highest BCUT2D eigenvalue weighted by Gasteiger charge is 2.37. The average Bonchev–Trinajstić information content (AvgIpc) is 2.73. The van der Waals surface area contributed by atoms with Gasteiger partial charge in [-0.15, -0.1) is 6.58 Å². The Morgan fingerprint density at radius 2 is 1.87 bits per heavy atom. The normalized spacial score (nSPS) is 23.6. The Labute approximate surface area is 180 Å². The topological polar surface area (TPSA) is 172 Å². The highest BCUT2D eigenvalue weighted by Crippen LogP contribution is 2.23. The third-order valence-electron chi connectivity index (χ3n) is 5.15. The molecule has 11 nitrogen and oxygen atoms in total. The van der Waals surface area contributed by atoms with Crippen LogP contribution in [0.1, 0.15) is 38.5 Å². The number of urea groups is 1. The zero-order valence-electron chi connectivity index (χ0n) is 17.4. The fraction of sp³-hybridized carbons (Fsp3) is 0.600. The molecule has 0 aromatic heterocycles. The van der Waals surface area contributed by atoms with E-state index in [-0.39, 0.29) is 31.1 Å². The zero-order chi connectivity index (χ0) is 22.8. The number of ether oxygens (including phenoxy) is 1. The Hall–Kier alpha value is -3.08. The van der Waals surface area contributed by atoms with E-state index in [2.05, 4.69) is 27.8 Å². The molecule has 31 heavy (non-hydrogen) atoms. The summed E-state index contributed by atoms with van der Waals surface area (Å²) >= 11 is 0. The van der Waals surface area contributed by atoms with E-state index in [1.165, 1.54) is 12.2 Å². The lowest BCUT2D eigenvalue weighted by molar-refractivity contribution is -0.123. The second kappa shape index (κ2) is 11.9. The Balaban J connectivity index is 2.08. The zero-order valence-corrected chi connectivity index (χ0v) is 17.4. The second-order valence-corrected chi connectivity index (χ2v) is 7.63. The van der Waals surface area contributed by atoms with Gasteiger partial charge in [0.1, 0.15) is 12.2 Å². The van der Waals surface area contributed by atoms with Crippen molar-refractivity contribution in [3.05, 3.63) is 24.3 Å². The lowest BCUT2D eigenvalue weighted by Crippen LogP contribution is -2.55. The van der Waals surface area contributed by atoms with Gasteiger partial charge in [0, 0.05) is 24.6 Å². The molecular formula is C20H31N5O6. The van der Waals surface area contributed by atoms with Crippen molar-refractivity contribution in [1.82, 2.24) is 21.3 Å². The molecule has 1 saturated carbocycles.